The Morgan fingerprint density at radius 3 is 1.95 bits per heavy atom. The smallest absolute Gasteiger partial charge is 0.200 e. The summed E-state index contributed by atoms with van der Waals surface area (Å²) in [5.41, 5.74) is -0.439. The van der Waals surface area contributed by atoms with E-state index < -0.39 is 39.5 Å². The molecule has 0 aliphatic rings. The first-order valence-corrected chi connectivity index (χ1v) is 6.40. The highest BCUT2D eigenvalue weighted by Gasteiger charge is 2.29. The maximum atomic E-state index is 13.6. The van der Waals surface area contributed by atoms with Gasteiger partial charge < -0.3 is 0 Å². The van der Waals surface area contributed by atoms with Gasteiger partial charge in [0, 0.05) is 23.9 Å². The lowest BCUT2D eigenvalue weighted by Gasteiger charge is -2.13. The van der Waals surface area contributed by atoms with E-state index >= 15 is 0 Å². The molecule has 1 atom stereocenters. The topological polar surface area (TPSA) is 12.9 Å². The number of rotatable bonds is 3. The van der Waals surface area contributed by atoms with Crippen LogP contribution in [0.4, 0.5) is 22.0 Å². The van der Waals surface area contributed by atoms with Crippen LogP contribution in [0.5, 0.6) is 0 Å². The van der Waals surface area contributed by atoms with E-state index in [1.807, 2.05) is 0 Å². The minimum absolute atomic E-state index is 0.0147. The molecule has 0 aliphatic carbocycles. The van der Waals surface area contributed by atoms with Crippen molar-refractivity contribution in [3.63, 3.8) is 0 Å². The van der Waals surface area contributed by atoms with Gasteiger partial charge in [0.25, 0.3) is 0 Å². The molecule has 0 aliphatic heterocycles. The normalized spacial score (nSPS) is 12.5. The molecule has 2 aromatic rings. The van der Waals surface area contributed by atoms with Crippen molar-refractivity contribution >= 4 is 15.9 Å². The third-order valence-corrected chi connectivity index (χ3v) is 3.45. The second kappa shape index (κ2) is 5.87. The molecule has 0 radical (unpaired) electrons. The zero-order valence-corrected chi connectivity index (χ0v) is 11.4. The summed E-state index contributed by atoms with van der Waals surface area (Å²) in [5, 5.41) is 0. The first kappa shape index (κ1) is 14.9. The Morgan fingerprint density at radius 1 is 0.900 bits per heavy atom. The SMILES string of the molecule is Fc1c(F)c(F)c(C(Br)Cc2ccccn2)c(F)c1F. The van der Waals surface area contributed by atoms with Crippen LogP contribution in [0.1, 0.15) is 16.1 Å². The van der Waals surface area contributed by atoms with Crippen LogP contribution in [0, 0.1) is 29.1 Å². The molecular formula is C13H7BrF5N. The summed E-state index contributed by atoms with van der Waals surface area (Å²) in [5.74, 6) is -9.74. The van der Waals surface area contributed by atoms with Crippen molar-refractivity contribution in [3.8, 4) is 0 Å². The van der Waals surface area contributed by atoms with Gasteiger partial charge in [-0.2, -0.15) is 0 Å². The lowest BCUT2D eigenvalue weighted by molar-refractivity contribution is 0.369. The summed E-state index contributed by atoms with van der Waals surface area (Å²) in [6, 6.07) is 4.88. The number of benzene rings is 1. The molecule has 20 heavy (non-hydrogen) atoms. The van der Waals surface area contributed by atoms with Gasteiger partial charge in [0.2, 0.25) is 5.82 Å². The second-order valence-corrected chi connectivity index (χ2v) is 5.08. The van der Waals surface area contributed by atoms with E-state index in [2.05, 4.69) is 20.9 Å². The van der Waals surface area contributed by atoms with Crippen LogP contribution < -0.4 is 0 Å². The number of hydrogen-bond donors (Lipinski definition) is 0. The van der Waals surface area contributed by atoms with Crippen molar-refractivity contribution in [1.82, 2.24) is 4.98 Å². The van der Waals surface area contributed by atoms with Gasteiger partial charge in [0.05, 0.1) is 4.83 Å². The van der Waals surface area contributed by atoms with E-state index in [0.717, 1.165) is 0 Å². The summed E-state index contributed by atoms with van der Waals surface area (Å²) in [7, 11) is 0. The lowest BCUT2D eigenvalue weighted by atomic mass is 10.1. The molecule has 2 rings (SSSR count). The molecule has 0 saturated carbocycles. The van der Waals surface area contributed by atoms with Crippen LogP contribution in [0.3, 0.4) is 0 Å². The quantitative estimate of drug-likeness (QED) is 0.344. The lowest BCUT2D eigenvalue weighted by Crippen LogP contribution is -2.10. The van der Waals surface area contributed by atoms with E-state index in [-0.39, 0.29) is 6.42 Å². The van der Waals surface area contributed by atoms with Crippen molar-refractivity contribution in [2.75, 3.05) is 0 Å². The average molecular weight is 352 g/mol. The third-order valence-electron chi connectivity index (χ3n) is 2.67. The number of pyridine rings is 1. The van der Waals surface area contributed by atoms with Gasteiger partial charge in [-0.3, -0.25) is 4.98 Å². The molecule has 0 spiro atoms. The Balaban J connectivity index is 2.42. The minimum atomic E-state index is -2.17. The number of nitrogens with zero attached hydrogens (tertiary/aromatic N) is 1. The molecule has 7 heteroatoms. The Hall–Kier alpha value is -1.50. The number of halogens is 6. The van der Waals surface area contributed by atoms with Crippen molar-refractivity contribution in [2.24, 2.45) is 0 Å². The van der Waals surface area contributed by atoms with Crippen molar-refractivity contribution in [3.05, 3.63) is 64.7 Å². The molecule has 1 aromatic carbocycles. The largest absolute Gasteiger partial charge is 0.261 e. The average Bonchev–Trinajstić information content (AvgIpc) is 2.44. The molecule has 1 unspecified atom stereocenters. The van der Waals surface area contributed by atoms with Crippen LogP contribution in [-0.2, 0) is 6.42 Å². The molecule has 0 amide bonds. The number of alkyl halides is 1. The Labute approximate surface area is 119 Å². The van der Waals surface area contributed by atoms with Crippen molar-refractivity contribution in [2.45, 2.75) is 11.2 Å². The zero-order chi connectivity index (χ0) is 14.9. The first-order chi connectivity index (χ1) is 9.43. The van der Waals surface area contributed by atoms with Gasteiger partial charge in [0.1, 0.15) is 0 Å². The molecule has 0 fully saturated rings. The van der Waals surface area contributed by atoms with Gasteiger partial charge in [-0.05, 0) is 12.1 Å². The van der Waals surface area contributed by atoms with Gasteiger partial charge in [-0.15, -0.1) is 0 Å². The molecule has 1 aromatic heterocycles. The Morgan fingerprint density at radius 2 is 1.45 bits per heavy atom. The number of hydrogen-bond acceptors (Lipinski definition) is 1. The maximum absolute atomic E-state index is 13.6. The van der Waals surface area contributed by atoms with E-state index in [4.69, 9.17) is 0 Å². The fourth-order valence-electron chi connectivity index (χ4n) is 1.70. The molecule has 1 heterocycles. The maximum Gasteiger partial charge on any atom is 0.200 e. The Bertz CT molecular complexity index is 603. The van der Waals surface area contributed by atoms with Crippen molar-refractivity contribution in [1.29, 1.82) is 0 Å². The summed E-state index contributed by atoms with van der Waals surface area (Å²) >= 11 is 2.94. The van der Waals surface area contributed by atoms with E-state index in [1.54, 1.807) is 18.2 Å². The molecule has 0 N–H and O–H groups in total. The molecule has 0 bridgehead atoms. The van der Waals surface area contributed by atoms with Gasteiger partial charge >= 0.3 is 0 Å². The number of aromatic nitrogens is 1. The first-order valence-electron chi connectivity index (χ1n) is 5.48. The van der Waals surface area contributed by atoms with E-state index in [9.17, 15) is 22.0 Å². The van der Waals surface area contributed by atoms with Gasteiger partial charge in [-0.1, -0.05) is 22.0 Å². The summed E-state index contributed by atoms with van der Waals surface area (Å²) in [4.78, 5) is 2.85. The summed E-state index contributed by atoms with van der Waals surface area (Å²) in [6.07, 6.45) is 1.45. The molecule has 106 valence electrons. The monoisotopic (exact) mass is 351 g/mol. The highest BCUT2D eigenvalue weighted by molar-refractivity contribution is 9.09. The van der Waals surface area contributed by atoms with Crippen molar-refractivity contribution < 1.29 is 22.0 Å². The predicted molar refractivity (Wildman–Crippen MR) is 65.8 cm³/mol. The van der Waals surface area contributed by atoms with E-state index in [0.29, 0.717) is 5.69 Å². The fraction of sp³-hybridized carbons (Fsp3) is 0.154. The zero-order valence-electron chi connectivity index (χ0n) is 9.81. The van der Waals surface area contributed by atoms with Crippen LogP contribution in [0.25, 0.3) is 0 Å². The highest BCUT2D eigenvalue weighted by atomic mass is 79.9. The standard InChI is InChI=1S/C13H7BrF5N/c14-7(5-6-3-1-2-4-20-6)8-9(15)11(17)13(19)12(18)10(8)16/h1-4,7H,5H2. The van der Waals surface area contributed by atoms with Gasteiger partial charge in [0.15, 0.2) is 23.3 Å². The summed E-state index contributed by atoms with van der Waals surface area (Å²) in [6.45, 7) is 0. The highest BCUT2D eigenvalue weighted by Crippen LogP contribution is 2.34. The fourth-order valence-corrected chi connectivity index (χ4v) is 2.44. The molecule has 1 nitrogen and oxygen atoms in total. The minimum Gasteiger partial charge on any atom is -0.261 e. The van der Waals surface area contributed by atoms with Crippen LogP contribution in [0.15, 0.2) is 24.4 Å². The molecule has 0 saturated heterocycles. The Kier molecular flexibility index (Phi) is 4.37. The third kappa shape index (κ3) is 2.67. The second-order valence-electron chi connectivity index (χ2n) is 3.98. The van der Waals surface area contributed by atoms with Crippen LogP contribution >= 0.6 is 15.9 Å². The van der Waals surface area contributed by atoms with Crippen LogP contribution in [-0.4, -0.2) is 4.98 Å². The van der Waals surface area contributed by atoms with Crippen LogP contribution in [0.2, 0.25) is 0 Å². The molecular weight excluding hydrogens is 345 g/mol. The van der Waals surface area contributed by atoms with E-state index in [1.165, 1.54) is 6.20 Å². The predicted octanol–water partition coefficient (Wildman–Crippen LogP) is 4.46. The van der Waals surface area contributed by atoms with Gasteiger partial charge in [-0.25, -0.2) is 22.0 Å². The summed E-state index contributed by atoms with van der Waals surface area (Å²) < 4.78 is 66.3.